The largest absolute Gasteiger partial charge is 0.273 e. The highest BCUT2D eigenvalue weighted by Crippen LogP contribution is 2.10. The van der Waals surface area contributed by atoms with Gasteiger partial charge in [0.25, 0.3) is 7.42 Å². The van der Waals surface area contributed by atoms with Crippen LogP contribution in [0, 0.1) is 0 Å². The van der Waals surface area contributed by atoms with E-state index in [1.807, 2.05) is 43.3 Å². The summed E-state index contributed by atoms with van der Waals surface area (Å²) in [7, 11) is -0.930. The van der Waals surface area contributed by atoms with E-state index in [0.717, 1.165) is 17.4 Å². The van der Waals surface area contributed by atoms with Gasteiger partial charge in [-0.2, -0.15) is 0 Å². The number of halogens is 2. The summed E-state index contributed by atoms with van der Waals surface area (Å²) in [5.41, 5.74) is 1.83. The van der Waals surface area contributed by atoms with E-state index in [2.05, 4.69) is 9.97 Å². The molecule has 0 aliphatic heterocycles. The van der Waals surface area contributed by atoms with E-state index >= 15 is 0 Å². The van der Waals surface area contributed by atoms with Gasteiger partial charge in [-0.25, -0.2) is 0 Å². The van der Waals surface area contributed by atoms with Crippen molar-refractivity contribution < 1.29 is 0 Å². The van der Waals surface area contributed by atoms with Crippen LogP contribution in [0.25, 0.3) is 11.4 Å². The first-order valence-corrected chi connectivity index (χ1v) is 8.96. The molecule has 0 saturated carbocycles. The lowest BCUT2D eigenvalue weighted by Crippen LogP contribution is -1.83. The summed E-state index contributed by atoms with van der Waals surface area (Å²) in [6, 6.07) is 12.5. The lowest BCUT2D eigenvalue weighted by molar-refractivity contribution is 1.25. The van der Waals surface area contributed by atoms with Gasteiger partial charge in [-0.15, -0.1) is 22.2 Å². The zero-order chi connectivity index (χ0) is 12.5. The van der Waals surface area contributed by atoms with Crippen molar-refractivity contribution in [2.75, 3.05) is 0 Å². The number of nitrogens with zero attached hydrogens (tertiary/aromatic N) is 2. The van der Waals surface area contributed by atoms with Gasteiger partial charge < -0.3 is 0 Å². The molecule has 0 aliphatic rings. The fraction of sp³-hybridized carbons (Fsp3) is 0.167. The molecular weight excluding hydrogens is 271 g/mol. The van der Waals surface area contributed by atoms with Gasteiger partial charge in [-0.1, -0.05) is 19.1 Å². The smallest absolute Gasteiger partial charge is 0.255 e. The molecule has 0 atom stereocenters. The second-order valence-electron chi connectivity index (χ2n) is 3.12. The van der Waals surface area contributed by atoms with Crippen molar-refractivity contribution in [3.63, 3.8) is 0 Å². The maximum Gasteiger partial charge on any atom is 0.273 e. The van der Waals surface area contributed by atoms with Crippen molar-refractivity contribution in [3.8, 4) is 11.4 Å². The van der Waals surface area contributed by atoms with Crippen LogP contribution in [0.4, 0.5) is 0 Å². The van der Waals surface area contributed by atoms with Crippen LogP contribution < -0.4 is 0 Å². The van der Waals surface area contributed by atoms with E-state index in [0.29, 0.717) is 0 Å². The maximum atomic E-state index is 5.33. The van der Waals surface area contributed by atoms with Gasteiger partial charge in [0.1, 0.15) is 0 Å². The van der Waals surface area contributed by atoms with Gasteiger partial charge >= 0.3 is 0 Å². The highest BCUT2D eigenvalue weighted by molar-refractivity contribution is 7.33. The monoisotopic (exact) mass is 283 g/mol. The first-order valence-electron chi connectivity index (χ1n) is 5.23. The first-order chi connectivity index (χ1) is 8.24. The lowest BCUT2D eigenvalue weighted by Gasteiger charge is -1.96. The molecule has 2 aromatic heterocycles. The van der Waals surface area contributed by atoms with Gasteiger partial charge in [0.15, 0.2) is 0 Å². The number of hydrogen-bond acceptors (Lipinski definition) is 2. The second-order valence-corrected chi connectivity index (χ2v) is 7.82. The van der Waals surface area contributed by atoms with Crippen molar-refractivity contribution >= 4 is 29.6 Å². The molecule has 2 nitrogen and oxygen atoms in total. The summed E-state index contributed by atoms with van der Waals surface area (Å²) in [4.78, 5) is 8.37. The average Bonchev–Trinajstić information content (AvgIpc) is 2.41. The van der Waals surface area contributed by atoms with E-state index in [4.69, 9.17) is 22.2 Å². The summed E-state index contributed by atoms with van der Waals surface area (Å²) >= 11 is 10.7. The topological polar surface area (TPSA) is 25.8 Å². The molecule has 0 saturated heterocycles. The van der Waals surface area contributed by atoms with Crippen LogP contribution in [-0.4, -0.2) is 17.4 Å². The molecule has 2 rings (SSSR count). The lowest BCUT2D eigenvalue weighted by atomic mass is 10.2. The zero-order valence-corrected chi connectivity index (χ0v) is 12.0. The second kappa shape index (κ2) is 8.23. The first kappa shape index (κ1) is 14.2. The minimum absolute atomic E-state index is 0.915. The molecule has 17 heavy (non-hydrogen) atoms. The Morgan fingerprint density at radius 1 is 0.941 bits per heavy atom. The summed E-state index contributed by atoms with van der Waals surface area (Å²) in [5.74, 6) is 0. The molecule has 2 aromatic rings. The molecule has 2 heterocycles. The Labute approximate surface area is 113 Å². The van der Waals surface area contributed by atoms with Crippen LogP contribution in [0.5, 0.6) is 0 Å². The molecule has 1 radical (unpaired) electrons. The van der Waals surface area contributed by atoms with Gasteiger partial charge in [-0.05, 0) is 30.3 Å². The molecule has 0 N–H and O–H groups in total. The fourth-order valence-electron chi connectivity index (χ4n) is 1.03. The number of hydrogen-bond donors (Lipinski definition) is 0. The molecule has 0 unspecified atom stereocenters. The summed E-state index contributed by atoms with van der Waals surface area (Å²) in [5, 5.41) is 0. The minimum atomic E-state index is -0.930. The van der Waals surface area contributed by atoms with Crippen LogP contribution in [0.3, 0.4) is 0 Å². The SMILES string of the molecule is CC[Si](Cl)Cl.c1ccc(-c2ccccn2)nc1. The molecule has 0 aromatic carbocycles. The Morgan fingerprint density at radius 2 is 1.35 bits per heavy atom. The third kappa shape index (κ3) is 5.82. The van der Waals surface area contributed by atoms with E-state index in [1.54, 1.807) is 12.4 Å². The third-order valence-corrected chi connectivity index (χ3v) is 4.00. The predicted molar refractivity (Wildman–Crippen MR) is 75.4 cm³/mol. The summed E-state index contributed by atoms with van der Waals surface area (Å²) < 4.78 is 0. The highest BCUT2D eigenvalue weighted by Gasteiger charge is 1.95. The highest BCUT2D eigenvalue weighted by atomic mass is 35.7. The Balaban J connectivity index is 0.000000249. The molecule has 5 heteroatoms. The Kier molecular flexibility index (Phi) is 6.85. The predicted octanol–water partition coefficient (Wildman–Crippen LogP) is 4.12. The summed E-state index contributed by atoms with van der Waals surface area (Å²) in [6.45, 7) is 1.98. The average molecular weight is 284 g/mol. The van der Waals surface area contributed by atoms with Crippen molar-refractivity contribution in [2.45, 2.75) is 13.0 Å². The van der Waals surface area contributed by atoms with Crippen molar-refractivity contribution in [1.82, 2.24) is 9.97 Å². The quantitative estimate of drug-likeness (QED) is 0.612. The number of pyridine rings is 2. The fourth-order valence-corrected chi connectivity index (χ4v) is 1.03. The zero-order valence-electron chi connectivity index (χ0n) is 9.48. The van der Waals surface area contributed by atoms with Crippen LogP contribution >= 0.6 is 22.2 Å². The summed E-state index contributed by atoms with van der Waals surface area (Å²) in [6.07, 6.45) is 3.54. The normalized spacial score (nSPS) is 9.65. The van der Waals surface area contributed by atoms with Crippen LogP contribution in [0.2, 0.25) is 6.04 Å². The number of rotatable bonds is 2. The van der Waals surface area contributed by atoms with E-state index in [1.165, 1.54) is 0 Å². The molecule has 89 valence electrons. The van der Waals surface area contributed by atoms with Gasteiger partial charge in [0.2, 0.25) is 0 Å². The van der Waals surface area contributed by atoms with Crippen molar-refractivity contribution in [3.05, 3.63) is 48.8 Å². The van der Waals surface area contributed by atoms with Gasteiger partial charge in [-0.3, -0.25) is 9.97 Å². The van der Waals surface area contributed by atoms with Gasteiger partial charge in [0.05, 0.1) is 11.4 Å². The van der Waals surface area contributed by atoms with Crippen LogP contribution in [0.15, 0.2) is 48.8 Å². The molecule has 0 spiro atoms. The van der Waals surface area contributed by atoms with E-state index < -0.39 is 7.42 Å². The minimum Gasteiger partial charge on any atom is -0.255 e. The molecule has 0 bridgehead atoms. The molecule has 0 aliphatic carbocycles. The Bertz CT molecular complexity index is 372. The van der Waals surface area contributed by atoms with Crippen LogP contribution in [-0.2, 0) is 0 Å². The standard InChI is InChI=1S/C10H8N2.C2H5Cl2Si/c1-3-7-11-9(5-1)10-6-2-4-8-12-10;1-2-5(3)4/h1-8H;2H2,1H3. The third-order valence-electron chi connectivity index (χ3n) is 1.86. The van der Waals surface area contributed by atoms with Gasteiger partial charge in [0, 0.05) is 12.4 Å². The molecular formula is C12H13Cl2N2Si. The number of aromatic nitrogens is 2. The van der Waals surface area contributed by atoms with E-state index in [9.17, 15) is 0 Å². The van der Waals surface area contributed by atoms with Crippen molar-refractivity contribution in [1.29, 1.82) is 0 Å². The Morgan fingerprint density at radius 3 is 1.59 bits per heavy atom. The van der Waals surface area contributed by atoms with Crippen molar-refractivity contribution in [2.24, 2.45) is 0 Å². The molecule has 0 amide bonds. The van der Waals surface area contributed by atoms with Crippen LogP contribution in [0.1, 0.15) is 6.92 Å². The maximum absolute atomic E-state index is 5.33. The Hall–Kier alpha value is -0.903. The molecule has 0 fully saturated rings. The van der Waals surface area contributed by atoms with E-state index in [-0.39, 0.29) is 0 Å².